The first-order valence-corrected chi connectivity index (χ1v) is 5.89. The number of pyridine rings is 1. The largest absolute Gasteiger partial charge is 0.307 e. The molecule has 1 aromatic rings. The van der Waals surface area contributed by atoms with Crippen molar-refractivity contribution in [3.05, 3.63) is 17.3 Å². The quantitative estimate of drug-likeness (QED) is 0.598. The van der Waals surface area contributed by atoms with Gasteiger partial charge in [0.05, 0.1) is 10.8 Å². The summed E-state index contributed by atoms with van der Waals surface area (Å²) in [7, 11) is -3.35. The normalized spacial score (nSPS) is 11.4. The summed E-state index contributed by atoms with van der Waals surface area (Å²) in [5.74, 6) is 5.22. The Morgan fingerprint density at radius 1 is 1.64 bits per heavy atom. The highest BCUT2D eigenvalue weighted by Crippen LogP contribution is 2.22. The molecule has 5 nitrogen and oxygen atoms in total. The predicted octanol–water partition coefficient (Wildman–Crippen LogP) is 0.814. The number of anilines is 1. The molecule has 0 saturated carbocycles. The van der Waals surface area contributed by atoms with Gasteiger partial charge in [-0.15, -0.1) is 0 Å². The van der Waals surface area contributed by atoms with Gasteiger partial charge in [-0.3, -0.25) is 0 Å². The molecule has 7 heteroatoms. The maximum Gasteiger partial charge on any atom is 0.181 e. The molecule has 0 spiro atoms. The van der Waals surface area contributed by atoms with Crippen LogP contribution in [-0.2, 0) is 9.84 Å². The molecule has 0 atom stereocenters. The molecule has 14 heavy (non-hydrogen) atoms. The van der Waals surface area contributed by atoms with E-state index < -0.39 is 9.84 Å². The Bertz CT molecular complexity index is 433. The average molecular weight is 236 g/mol. The van der Waals surface area contributed by atoms with Crippen LogP contribution in [0.2, 0.25) is 5.02 Å². The van der Waals surface area contributed by atoms with Crippen LogP contribution in [0.25, 0.3) is 0 Å². The Kier molecular flexibility index (Phi) is 3.30. The molecular weight excluding hydrogens is 226 g/mol. The lowest BCUT2D eigenvalue weighted by Crippen LogP contribution is -2.14. The Morgan fingerprint density at radius 2 is 2.29 bits per heavy atom. The number of sulfone groups is 1. The van der Waals surface area contributed by atoms with E-state index in [1.54, 1.807) is 0 Å². The summed E-state index contributed by atoms with van der Waals surface area (Å²) in [4.78, 5) is 3.79. The van der Waals surface area contributed by atoms with E-state index in [4.69, 9.17) is 17.4 Å². The first kappa shape index (κ1) is 11.2. The van der Waals surface area contributed by atoms with Gasteiger partial charge in [-0.2, -0.15) is 0 Å². The predicted molar refractivity (Wildman–Crippen MR) is 54.8 cm³/mol. The highest BCUT2D eigenvalue weighted by atomic mass is 35.5. The summed E-state index contributed by atoms with van der Waals surface area (Å²) in [6.45, 7) is 1.54. The number of nitrogen functional groups attached to an aromatic ring is 1. The van der Waals surface area contributed by atoms with Gasteiger partial charge in [0.15, 0.2) is 15.7 Å². The van der Waals surface area contributed by atoms with Crippen molar-refractivity contribution < 1.29 is 8.42 Å². The highest BCUT2D eigenvalue weighted by Gasteiger charge is 2.17. The Hall–Kier alpha value is -0.850. The molecule has 0 radical (unpaired) electrons. The van der Waals surface area contributed by atoms with Crippen LogP contribution in [0.3, 0.4) is 0 Å². The van der Waals surface area contributed by atoms with Crippen LogP contribution >= 0.6 is 11.6 Å². The van der Waals surface area contributed by atoms with Gasteiger partial charge in [-0.05, 0) is 6.07 Å². The van der Waals surface area contributed by atoms with E-state index in [1.807, 2.05) is 0 Å². The van der Waals surface area contributed by atoms with Crippen molar-refractivity contribution in [2.45, 2.75) is 11.8 Å². The van der Waals surface area contributed by atoms with E-state index in [2.05, 4.69) is 10.4 Å². The number of hydrogen-bond acceptors (Lipinski definition) is 5. The number of hydrogen-bond donors (Lipinski definition) is 2. The molecule has 0 amide bonds. The fourth-order valence-corrected chi connectivity index (χ4v) is 2.17. The van der Waals surface area contributed by atoms with E-state index >= 15 is 0 Å². The molecule has 1 rings (SSSR count). The van der Waals surface area contributed by atoms with Gasteiger partial charge in [0.2, 0.25) is 0 Å². The number of hydrazine groups is 1. The van der Waals surface area contributed by atoms with Crippen molar-refractivity contribution in [3.63, 3.8) is 0 Å². The maximum absolute atomic E-state index is 11.5. The third-order valence-electron chi connectivity index (χ3n) is 1.67. The van der Waals surface area contributed by atoms with Crippen molar-refractivity contribution in [1.29, 1.82) is 0 Å². The Labute approximate surface area is 87.2 Å². The zero-order valence-corrected chi connectivity index (χ0v) is 9.06. The minimum atomic E-state index is -3.35. The second-order valence-corrected chi connectivity index (χ2v) is 5.23. The van der Waals surface area contributed by atoms with Gasteiger partial charge in [0.1, 0.15) is 4.90 Å². The lowest BCUT2D eigenvalue weighted by atomic mass is 10.5. The first-order valence-electron chi connectivity index (χ1n) is 3.86. The van der Waals surface area contributed by atoms with Crippen molar-refractivity contribution >= 4 is 27.3 Å². The van der Waals surface area contributed by atoms with Crippen LogP contribution in [0.4, 0.5) is 5.82 Å². The third-order valence-corrected chi connectivity index (χ3v) is 3.62. The van der Waals surface area contributed by atoms with E-state index in [9.17, 15) is 8.42 Å². The summed E-state index contributed by atoms with van der Waals surface area (Å²) in [5.41, 5.74) is 2.21. The zero-order valence-electron chi connectivity index (χ0n) is 7.49. The minimum absolute atomic E-state index is 0.0231. The summed E-state index contributed by atoms with van der Waals surface area (Å²) >= 11 is 5.64. The Morgan fingerprint density at radius 3 is 2.79 bits per heavy atom. The fourth-order valence-electron chi connectivity index (χ4n) is 0.922. The molecule has 0 aliphatic heterocycles. The van der Waals surface area contributed by atoms with Gasteiger partial charge >= 0.3 is 0 Å². The monoisotopic (exact) mass is 235 g/mol. The minimum Gasteiger partial charge on any atom is -0.307 e. The zero-order chi connectivity index (χ0) is 10.8. The molecule has 78 valence electrons. The van der Waals surface area contributed by atoms with Gasteiger partial charge in [-0.1, -0.05) is 18.5 Å². The smallest absolute Gasteiger partial charge is 0.181 e. The van der Waals surface area contributed by atoms with Crippen LogP contribution in [0.5, 0.6) is 0 Å². The molecule has 1 aromatic heterocycles. The van der Waals surface area contributed by atoms with Crippen LogP contribution in [0, 0.1) is 0 Å². The second-order valence-electron chi connectivity index (χ2n) is 2.55. The van der Waals surface area contributed by atoms with Crippen LogP contribution in [0.1, 0.15) is 6.92 Å². The molecular formula is C7H10ClN3O2S. The molecule has 0 bridgehead atoms. The topological polar surface area (TPSA) is 85.1 Å². The number of halogens is 1. The third kappa shape index (κ3) is 2.14. The molecule has 0 fully saturated rings. The highest BCUT2D eigenvalue weighted by molar-refractivity contribution is 7.91. The molecule has 0 saturated heterocycles. The second kappa shape index (κ2) is 4.12. The molecule has 1 heterocycles. The summed E-state index contributed by atoms with van der Waals surface area (Å²) in [5, 5.41) is 0.260. The van der Waals surface area contributed by atoms with Crippen molar-refractivity contribution in [2.24, 2.45) is 5.84 Å². The van der Waals surface area contributed by atoms with Crippen LogP contribution in [0.15, 0.2) is 17.2 Å². The number of aromatic nitrogens is 1. The van der Waals surface area contributed by atoms with E-state index in [1.165, 1.54) is 19.2 Å². The van der Waals surface area contributed by atoms with Crippen LogP contribution in [-0.4, -0.2) is 19.2 Å². The number of nitrogens with zero attached hydrogens (tertiary/aromatic N) is 1. The van der Waals surface area contributed by atoms with Crippen molar-refractivity contribution in [2.75, 3.05) is 11.2 Å². The van der Waals surface area contributed by atoms with Gasteiger partial charge in [0.25, 0.3) is 0 Å². The Balaban J connectivity index is 3.39. The number of nitrogens with two attached hydrogens (primary N) is 1. The van der Waals surface area contributed by atoms with Gasteiger partial charge < -0.3 is 5.43 Å². The number of nitrogens with one attached hydrogen (secondary N) is 1. The molecule has 3 N–H and O–H groups in total. The molecule has 0 unspecified atom stereocenters. The first-order chi connectivity index (χ1) is 6.51. The SMILES string of the molecule is CCS(=O)(=O)c1cc(Cl)cnc1NN. The summed E-state index contributed by atoms with van der Waals surface area (Å²) < 4.78 is 23.1. The summed E-state index contributed by atoms with van der Waals surface area (Å²) in [6, 6.07) is 1.32. The molecule has 0 aliphatic rings. The molecule has 0 aromatic carbocycles. The lowest BCUT2D eigenvalue weighted by Gasteiger charge is -2.07. The van der Waals surface area contributed by atoms with E-state index in [0.717, 1.165) is 0 Å². The standard InChI is InChI=1S/C7H10ClN3O2S/c1-2-14(12,13)6-3-5(8)4-10-7(6)11-9/h3-4H,2,9H2,1H3,(H,10,11). The van der Waals surface area contributed by atoms with E-state index in [0.29, 0.717) is 0 Å². The van der Waals surface area contributed by atoms with Crippen molar-refractivity contribution in [3.8, 4) is 0 Å². The molecule has 0 aliphatic carbocycles. The maximum atomic E-state index is 11.5. The average Bonchev–Trinajstić information content (AvgIpc) is 2.18. The van der Waals surface area contributed by atoms with E-state index in [-0.39, 0.29) is 21.5 Å². The number of rotatable bonds is 3. The van der Waals surface area contributed by atoms with Crippen molar-refractivity contribution in [1.82, 2.24) is 4.98 Å². The van der Waals surface area contributed by atoms with Gasteiger partial charge in [0, 0.05) is 6.20 Å². The van der Waals surface area contributed by atoms with Gasteiger partial charge in [-0.25, -0.2) is 19.2 Å². The lowest BCUT2D eigenvalue weighted by molar-refractivity contribution is 0.597. The fraction of sp³-hybridized carbons (Fsp3) is 0.286. The van der Waals surface area contributed by atoms with Crippen LogP contribution < -0.4 is 11.3 Å². The summed E-state index contributed by atoms with van der Waals surface area (Å²) in [6.07, 6.45) is 1.32.